The van der Waals surface area contributed by atoms with Gasteiger partial charge in [-0.15, -0.1) is 0 Å². The Bertz CT molecular complexity index is 579. The van der Waals surface area contributed by atoms with Crippen LogP contribution in [-0.2, 0) is 10.9 Å². The number of benzene rings is 1. The van der Waals surface area contributed by atoms with E-state index < -0.39 is 23.4 Å². The first-order chi connectivity index (χ1) is 11.0. The smallest absolute Gasteiger partial charge is 0.416 e. The lowest BCUT2D eigenvalue weighted by molar-refractivity contribution is -0.137. The van der Waals surface area contributed by atoms with Gasteiger partial charge in [0.05, 0.1) is 11.6 Å². The lowest BCUT2D eigenvalue weighted by Gasteiger charge is -2.39. The Labute approximate surface area is 139 Å². The minimum Gasteiger partial charge on any atom is -0.444 e. The van der Waals surface area contributed by atoms with E-state index in [1.807, 2.05) is 0 Å². The van der Waals surface area contributed by atoms with Crippen LogP contribution < -0.4 is 5.73 Å². The van der Waals surface area contributed by atoms with E-state index in [-0.39, 0.29) is 12.1 Å². The zero-order valence-corrected chi connectivity index (χ0v) is 14.1. The minimum atomic E-state index is -4.38. The molecule has 0 aromatic heterocycles. The van der Waals surface area contributed by atoms with Gasteiger partial charge in [-0.3, -0.25) is 4.90 Å². The van der Waals surface area contributed by atoms with Gasteiger partial charge >= 0.3 is 12.3 Å². The number of nitrogens with zero attached hydrogens (tertiary/aromatic N) is 1. The van der Waals surface area contributed by atoms with Crippen molar-refractivity contribution in [3.05, 3.63) is 35.4 Å². The summed E-state index contributed by atoms with van der Waals surface area (Å²) in [5.74, 6) is 0. The van der Waals surface area contributed by atoms with Crippen molar-refractivity contribution >= 4 is 6.09 Å². The maximum atomic E-state index is 12.7. The summed E-state index contributed by atoms with van der Waals surface area (Å²) in [6, 6.07) is 4.42. The van der Waals surface area contributed by atoms with Gasteiger partial charge in [-0.05, 0) is 51.3 Å². The lowest BCUT2D eigenvalue weighted by atomic mass is 9.93. The number of halogens is 3. The molecule has 0 spiro atoms. The fraction of sp³-hybridized carbons (Fsp3) is 0.588. The van der Waals surface area contributed by atoms with Crippen molar-refractivity contribution in [3.63, 3.8) is 0 Å². The van der Waals surface area contributed by atoms with Gasteiger partial charge in [0.2, 0.25) is 0 Å². The molecule has 0 saturated carbocycles. The second kappa shape index (κ2) is 6.63. The molecular weight excluding hydrogens is 321 g/mol. The number of nitrogens with two attached hydrogens (primary N) is 1. The van der Waals surface area contributed by atoms with Crippen LogP contribution in [0.3, 0.4) is 0 Å². The molecule has 4 nitrogen and oxygen atoms in total. The third-order valence-corrected chi connectivity index (χ3v) is 3.87. The summed E-state index contributed by atoms with van der Waals surface area (Å²) in [7, 11) is 0. The van der Waals surface area contributed by atoms with Crippen molar-refractivity contribution in [3.8, 4) is 0 Å². The van der Waals surface area contributed by atoms with Crippen molar-refractivity contribution in [1.29, 1.82) is 0 Å². The molecule has 134 valence electrons. The number of carbonyl (C=O) groups excluding carboxylic acids is 1. The van der Waals surface area contributed by atoms with Crippen molar-refractivity contribution < 1.29 is 22.7 Å². The van der Waals surface area contributed by atoms with Crippen molar-refractivity contribution in [2.24, 2.45) is 5.73 Å². The number of carbonyl (C=O) groups is 1. The summed E-state index contributed by atoms with van der Waals surface area (Å²) in [6.45, 7) is 5.62. The summed E-state index contributed by atoms with van der Waals surface area (Å²) in [4.78, 5) is 14.0. The number of alkyl halides is 3. The van der Waals surface area contributed by atoms with E-state index >= 15 is 0 Å². The molecule has 1 fully saturated rings. The highest BCUT2D eigenvalue weighted by molar-refractivity contribution is 5.69. The van der Waals surface area contributed by atoms with Crippen LogP contribution in [0.25, 0.3) is 0 Å². The Hall–Kier alpha value is -1.76. The van der Waals surface area contributed by atoms with E-state index in [1.54, 1.807) is 20.8 Å². The molecule has 1 aromatic carbocycles. The highest BCUT2D eigenvalue weighted by Crippen LogP contribution is 2.34. The van der Waals surface area contributed by atoms with Gasteiger partial charge in [0.25, 0.3) is 0 Å². The van der Waals surface area contributed by atoms with Crippen LogP contribution in [0.2, 0.25) is 0 Å². The Morgan fingerprint density at radius 2 is 1.75 bits per heavy atom. The average Bonchev–Trinajstić information content (AvgIpc) is 2.44. The lowest BCUT2D eigenvalue weighted by Crippen LogP contribution is -2.49. The molecule has 24 heavy (non-hydrogen) atoms. The summed E-state index contributed by atoms with van der Waals surface area (Å²) >= 11 is 0. The highest BCUT2D eigenvalue weighted by atomic mass is 19.4. The Balaban J connectivity index is 2.23. The Morgan fingerprint density at radius 3 is 2.25 bits per heavy atom. The molecule has 1 saturated heterocycles. The van der Waals surface area contributed by atoms with Crippen LogP contribution in [0.15, 0.2) is 24.3 Å². The number of amides is 1. The molecule has 0 radical (unpaired) electrons. The quantitative estimate of drug-likeness (QED) is 0.834. The standard InChI is InChI=1S/C17H23F3N2O2/c1-16(2,3)24-15(23)22-10-13(21)8-9-14(22)11-4-6-12(7-5-11)17(18,19)20/h4-7,13-14H,8-10,21H2,1-3H3. The number of piperidine rings is 1. The zero-order valence-electron chi connectivity index (χ0n) is 14.1. The summed E-state index contributed by atoms with van der Waals surface area (Å²) in [5.41, 5.74) is 5.25. The van der Waals surface area contributed by atoms with Crippen LogP contribution in [0.1, 0.15) is 50.8 Å². The van der Waals surface area contributed by atoms with E-state index in [0.717, 1.165) is 12.1 Å². The molecule has 2 unspecified atom stereocenters. The zero-order chi connectivity index (χ0) is 18.1. The fourth-order valence-corrected chi connectivity index (χ4v) is 2.76. The molecule has 2 atom stereocenters. The molecule has 2 N–H and O–H groups in total. The largest absolute Gasteiger partial charge is 0.444 e. The number of ether oxygens (including phenoxy) is 1. The van der Waals surface area contributed by atoms with Gasteiger partial charge in [-0.2, -0.15) is 13.2 Å². The Kier molecular flexibility index (Phi) is 5.13. The predicted octanol–water partition coefficient (Wildman–Crippen LogP) is 4.10. The topological polar surface area (TPSA) is 55.6 Å². The first-order valence-electron chi connectivity index (χ1n) is 7.90. The van der Waals surface area contributed by atoms with Gasteiger partial charge in [0.15, 0.2) is 0 Å². The van der Waals surface area contributed by atoms with Crippen LogP contribution >= 0.6 is 0 Å². The summed E-state index contributed by atoms with van der Waals surface area (Å²) in [5, 5.41) is 0. The number of rotatable bonds is 1. The molecule has 1 aromatic rings. The Morgan fingerprint density at radius 1 is 1.17 bits per heavy atom. The average molecular weight is 344 g/mol. The van der Waals surface area contributed by atoms with Crippen LogP contribution in [-0.4, -0.2) is 29.2 Å². The van der Waals surface area contributed by atoms with Crippen molar-refractivity contribution in [2.75, 3.05) is 6.54 Å². The van der Waals surface area contributed by atoms with Crippen molar-refractivity contribution in [2.45, 2.75) is 57.5 Å². The summed E-state index contributed by atoms with van der Waals surface area (Å²) < 4.78 is 43.5. The monoisotopic (exact) mass is 344 g/mol. The van der Waals surface area contributed by atoms with E-state index in [4.69, 9.17) is 10.5 Å². The third-order valence-electron chi connectivity index (χ3n) is 3.87. The molecule has 2 rings (SSSR count). The van der Waals surface area contributed by atoms with Crippen molar-refractivity contribution in [1.82, 2.24) is 4.90 Å². The normalized spacial score (nSPS) is 22.4. The SMILES string of the molecule is CC(C)(C)OC(=O)N1CC(N)CCC1c1ccc(C(F)(F)F)cc1. The molecule has 0 aliphatic carbocycles. The van der Waals surface area contributed by atoms with E-state index in [2.05, 4.69) is 0 Å². The number of likely N-dealkylation sites (tertiary alicyclic amines) is 1. The third kappa shape index (κ3) is 4.63. The van der Waals surface area contributed by atoms with Gasteiger partial charge in [0.1, 0.15) is 5.60 Å². The van der Waals surface area contributed by atoms with Crippen LogP contribution in [0, 0.1) is 0 Å². The molecule has 1 amide bonds. The summed E-state index contributed by atoms with van der Waals surface area (Å²) in [6.07, 6.45) is -3.59. The first-order valence-corrected chi connectivity index (χ1v) is 7.90. The number of hydrogen-bond donors (Lipinski definition) is 1. The molecule has 0 bridgehead atoms. The predicted molar refractivity (Wildman–Crippen MR) is 84.3 cm³/mol. The minimum absolute atomic E-state index is 0.164. The fourth-order valence-electron chi connectivity index (χ4n) is 2.76. The highest BCUT2D eigenvalue weighted by Gasteiger charge is 2.35. The number of hydrogen-bond acceptors (Lipinski definition) is 3. The second-order valence-corrected chi connectivity index (χ2v) is 7.11. The van der Waals surface area contributed by atoms with Gasteiger partial charge in [0, 0.05) is 12.6 Å². The maximum absolute atomic E-state index is 12.7. The molecule has 1 aliphatic heterocycles. The van der Waals surface area contributed by atoms with E-state index in [9.17, 15) is 18.0 Å². The molecular formula is C17H23F3N2O2. The van der Waals surface area contributed by atoms with E-state index in [1.165, 1.54) is 17.0 Å². The second-order valence-electron chi connectivity index (χ2n) is 7.11. The van der Waals surface area contributed by atoms with Crippen LogP contribution in [0.5, 0.6) is 0 Å². The van der Waals surface area contributed by atoms with Gasteiger partial charge in [-0.1, -0.05) is 12.1 Å². The first kappa shape index (κ1) is 18.6. The maximum Gasteiger partial charge on any atom is 0.416 e. The van der Waals surface area contributed by atoms with E-state index in [0.29, 0.717) is 24.9 Å². The van der Waals surface area contributed by atoms with Crippen LogP contribution in [0.4, 0.5) is 18.0 Å². The van der Waals surface area contributed by atoms with Gasteiger partial charge in [-0.25, -0.2) is 4.79 Å². The van der Waals surface area contributed by atoms with Gasteiger partial charge < -0.3 is 10.5 Å². The molecule has 7 heteroatoms. The molecule has 1 aliphatic rings. The molecule has 1 heterocycles.